The maximum Gasteiger partial charge on any atom is 0.335 e. The first-order valence-electron chi connectivity index (χ1n) is 29.6. The van der Waals surface area contributed by atoms with Crippen molar-refractivity contribution in [2.45, 2.75) is 276 Å². The van der Waals surface area contributed by atoms with Crippen LogP contribution < -0.4 is 0 Å². The van der Waals surface area contributed by atoms with Crippen molar-refractivity contribution in [1.29, 1.82) is 0 Å². The third-order valence-corrected chi connectivity index (χ3v) is 13.0. The summed E-state index contributed by atoms with van der Waals surface area (Å²) in [4.78, 5) is 51.0. The van der Waals surface area contributed by atoms with Gasteiger partial charge in [0.15, 0.2) is 24.6 Å². The van der Waals surface area contributed by atoms with Gasteiger partial charge in [-0.05, 0) is 77.0 Å². The van der Waals surface area contributed by atoms with Crippen molar-refractivity contribution >= 4 is 23.9 Å². The molecule has 12 nitrogen and oxygen atoms in total. The molecule has 0 aliphatic carbocycles. The van der Waals surface area contributed by atoms with Gasteiger partial charge in [0, 0.05) is 12.8 Å². The minimum Gasteiger partial charge on any atom is -0.479 e. The summed E-state index contributed by atoms with van der Waals surface area (Å²) in [5, 5.41) is 31.4. The zero-order valence-electron chi connectivity index (χ0n) is 47.0. The first kappa shape index (κ1) is 68.9. The maximum absolute atomic E-state index is 13.1. The Morgan fingerprint density at radius 3 is 1.37 bits per heavy atom. The second kappa shape index (κ2) is 50.7. The number of aliphatic hydroxyl groups excluding tert-OH is 2. The van der Waals surface area contributed by atoms with Gasteiger partial charge in [-0.2, -0.15) is 0 Å². The lowest BCUT2D eigenvalue weighted by atomic mass is 9.98. The molecule has 1 aliphatic rings. The normalized spacial score (nSPS) is 18.8. The minimum absolute atomic E-state index is 0.0493. The molecule has 0 spiro atoms. The average Bonchev–Trinajstić information content (AvgIpc) is 3.39. The van der Waals surface area contributed by atoms with Gasteiger partial charge >= 0.3 is 23.9 Å². The number of allylic oxidation sites excluding steroid dienone is 13. The van der Waals surface area contributed by atoms with Gasteiger partial charge in [0.2, 0.25) is 0 Å². The maximum atomic E-state index is 13.1. The van der Waals surface area contributed by atoms with Gasteiger partial charge in [0.25, 0.3) is 0 Å². The molecule has 6 atom stereocenters. The summed E-state index contributed by atoms with van der Waals surface area (Å²) >= 11 is 0. The molecule has 0 aromatic rings. The van der Waals surface area contributed by atoms with Crippen molar-refractivity contribution < 1.29 is 58.2 Å². The van der Waals surface area contributed by atoms with Gasteiger partial charge in [0.05, 0.1) is 13.0 Å². The summed E-state index contributed by atoms with van der Waals surface area (Å²) < 4.78 is 28.3. The van der Waals surface area contributed by atoms with Crippen molar-refractivity contribution in [1.82, 2.24) is 0 Å². The highest BCUT2D eigenvalue weighted by Gasteiger charge is 2.50. The summed E-state index contributed by atoms with van der Waals surface area (Å²) in [6.07, 6.45) is 52.9. The number of carbonyl (C=O) groups excluding carboxylic acids is 3. The molecule has 6 unspecified atom stereocenters. The topological polar surface area (TPSA) is 175 Å². The number of carboxylic acid groups (broad SMARTS) is 1. The van der Waals surface area contributed by atoms with Gasteiger partial charge in [-0.25, -0.2) is 4.79 Å². The predicted molar refractivity (Wildman–Crippen MR) is 303 cm³/mol. The van der Waals surface area contributed by atoms with Gasteiger partial charge in [-0.15, -0.1) is 0 Å². The molecule has 1 aliphatic heterocycles. The number of hydrogen-bond acceptors (Lipinski definition) is 11. The van der Waals surface area contributed by atoms with E-state index in [-0.39, 0.29) is 25.9 Å². The molecule has 0 amide bonds. The Morgan fingerprint density at radius 1 is 0.467 bits per heavy atom. The summed E-state index contributed by atoms with van der Waals surface area (Å²) in [6.45, 7) is 5.76. The van der Waals surface area contributed by atoms with E-state index in [0.717, 1.165) is 89.9 Å². The molecular weight excluding hydrogens is 949 g/mol. The third-order valence-electron chi connectivity index (χ3n) is 13.0. The highest BCUT2D eigenvalue weighted by Crippen LogP contribution is 2.26. The fourth-order valence-electron chi connectivity index (χ4n) is 8.47. The molecule has 0 radical (unpaired) electrons. The molecule has 75 heavy (non-hydrogen) atoms. The summed E-state index contributed by atoms with van der Waals surface area (Å²) in [5.74, 6) is -3.30. The molecule has 428 valence electrons. The van der Waals surface area contributed by atoms with E-state index in [0.29, 0.717) is 19.3 Å². The first-order chi connectivity index (χ1) is 36.6. The Bertz CT molecular complexity index is 1630. The number of carboxylic acids is 1. The van der Waals surface area contributed by atoms with Crippen molar-refractivity contribution in [3.8, 4) is 0 Å². The lowest BCUT2D eigenvalue weighted by Crippen LogP contribution is -2.61. The number of esters is 3. The summed E-state index contributed by atoms with van der Waals surface area (Å²) in [6, 6.07) is 0. The minimum atomic E-state index is -1.92. The Hall–Kier alpha value is -4.10. The zero-order chi connectivity index (χ0) is 54.7. The van der Waals surface area contributed by atoms with Crippen LogP contribution in [0.15, 0.2) is 85.1 Å². The Balaban J connectivity index is 2.75. The second-order valence-electron chi connectivity index (χ2n) is 19.9. The van der Waals surface area contributed by atoms with E-state index in [9.17, 15) is 34.5 Å². The van der Waals surface area contributed by atoms with E-state index < -0.39 is 67.3 Å². The van der Waals surface area contributed by atoms with E-state index >= 15 is 0 Å². The number of unbranched alkanes of at least 4 members (excludes halogenated alkanes) is 22. The van der Waals surface area contributed by atoms with Crippen LogP contribution in [0.1, 0.15) is 239 Å². The van der Waals surface area contributed by atoms with Gasteiger partial charge in [-0.1, -0.05) is 228 Å². The lowest BCUT2D eigenvalue weighted by molar-refractivity contribution is -0.301. The number of carbonyl (C=O) groups is 4. The van der Waals surface area contributed by atoms with Gasteiger partial charge in [-0.3, -0.25) is 14.4 Å². The van der Waals surface area contributed by atoms with Crippen LogP contribution in [0.3, 0.4) is 0 Å². The highest BCUT2D eigenvalue weighted by molar-refractivity contribution is 5.74. The number of aliphatic hydroxyl groups is 2. The standard InChI is InChI=1S/C63H104O12/c1-4-7-10-13-16-19-22-25-27-28-30-32-34-37-40-43-46-49-55(64)71-52-54(73-56(65)50-47-44-41-38-36-33-29-26-23-20-17-14-11-8-5-2)53-72-63-61(59(68)58(67)60(75-63)62(69)70)74-57(66)51-48-45-42-39-35-31-24-21-18-15-12-9-6-3/h8,11,16-17,19-20,25-27,29,36,38,44,47,54,58-61,63,67-68H,4-7,9-10,12-15,18,21-24,28,30-35,37,39-43,45-46,48-53H2,1-3H3,(H,69,70)/b11-8-,19-16-,20-17-,27-25-,29-26-,38-36-,47-44-. The largest absolute Gasteiger partial charge is 0.479 e. The van der Waals surface area contributed by atoms with Crippen molar-refractivity contribution in [3.63, 3.8) is 0 Å². The fraction of sp³-hybridized carbons (Fsp3) is 0.714. The molecule has 1 fully saturated rings. The zero-order valence-corrected chi connectivity index (χ0v) is 47.0. The predicted octanol–water partition coefficient (Wildman–Crippen LogP) is 15.1. The van der Waals surface area contributed by atoms with Crippen LogP contribution >= 0.6 is 0 Å². The van der Waals surface area contributed by atoms with Crippen LogP contribution in [0.5, 0.6) is 0 Å². The quantitative estimate of drug-likeness (QED) is 0.0228. The van der Waals surface area contributed by atoms with E-state index in [4.69, 9.17) is 23.7 Å². The van der Waals surface area contributed by atoms with Crippen LogP contribution in [0.4, 0.5) is 0 Å². The molecule has 0 saturated carbocycles. The molecule has 1 saturated heterocycles. The van der Waals surface area contributed by atoms with Crippen LogP contribution in [0, 0.1) is 0 Å². The smallest absolute Gasteiger partial charge is 0.335 e. The van der Waals surface area contributed by atoms with Crippen molar-refractivity contribution in [3.05, 3.63) is 85.1 Å². The van der Waals surface area contributed by atoms with Crippen LogP contribution in [-0.4, -0.2) is 89.2 Å². The van der Waals surface area contributed by atoms with Gasteiger partial charge in [0.1, 0.15) is 18.8 Å². The molecule has 1 heterocycles. The first-order valence-corrected chi connectivity index (χ1v) is 29.6. The van der Waals surface area contributed by atoms with Crippen LogP contribution in [-0.2, 0) is 42.9 Å². The monoisotopic (exact) mass is 1050 g/mol. The van der Waals surface area contributed by atoms with E-state index in [1.165, 1.54) is 89.9 Å². The SMILES string of the molecule is CC/C=C\C/C=C\C/C=C\C/C=C\C/C=C\CC(=O)OC(COC(=O)CCCCCCCCC/C=C\C/C=C\CCCCC)COC1OC(C(=O)O)C(O)C(O)C1OC(=O)CCCCCCCCCCCCCCC. The molecule has 12 heteroatoms. The summed E-state index contributed by atoms with van der Waals surface area (Å²) in [7, 11) is 0. The highest BCUT2D eigenvalue weighted by atomic mass is 16.7. The average molecular weight is 1050 g/mol. The second-order valence-corrected chi connectivity index (χ2v) is 19.9. The molecular formula is C63H104O12. The third kappa shape index (κ3) is 40.8. The Morgan fingerprint density at radius 2 is 0.880 bits per heavy atom. The number of rotatable bonds is 49. The lowest BCUT2D eigenvalue weighted by Gasteiger charge is -2.40. The fourth-order valence-corrected chi connectivity index (χ4v) is 8.47. The van der Waals surface area contributed by atoms with Crippen LogP contribution in [0.25, 0.3) is 0 Å². The number of hydrogen-bond donors (Lipinski definition) is 3. The van der Waals surface area contributed by atoms with Crippen molar-refractivity contribution in [2.24, 2.45) is 0 Å². The van der Waals surface area contributed by atoms with E-state index in [1.807, 2.05) is 18.2 Å². The molecule has 0 bridgehead atoms. The Labute approximate surface area is 454 Å². The molecule has 0 aromatic heterocycles. The molecule has 0 aromatic carbocycles. The van der Waals surface area contributed by atoms with Crippen molar-refractivity contribution in [2.75, 3.05) is 13.2 Å². The van der Waals surface area contributed by atoms with E-state index in [1.54, 1.807) is 6.08 Å². The Kier molecular flexibility index (Phi) is 46.6. The van der Waals surface area contributed by atoms with E-state index in [2.05, 4.69) is 81.5 Å². The van der Waals surface area contributed by atoms with Gasteiger partial charge < -0.3 is 39.0 Å². The van der Waals surface area contributed by atoms with Crippen LogP contribution in [0.2, 0.25) is 0 Å². The number of ether oxygens (including phenoxy) is 5. The molecule has 3 N–H and O–H groups in total. The molecule has 1 rings (SSSR count). The summed E-state index contributed by atoms with van der Waals surface area (Å²) in [5.41, 5.74) is 0. The number of aliphatic carboxylic acids is 1.